The molecular formula is C9H16N2O. The molecule has 0 spiro atoms. The molecule has 3 heteroatoms. The van der Waals surface area contributed by atoms with Crippen molar-refractivity contribution in [1.29, 1.82) is 0 Å². The molecule has 0 unspecified atom stereocenters. The Labute approximate surface area is 74.1 Å². The molecule has 3 nitrogen and oxygen atoms in total. The fourth-order valence-electron chi connectivity index (χ4n) is 0.831. The van der Waals surface area contributed by atoms with Gasteiger partial charge in [-0.2, -0.15) is 0 Å². The van der Waals surface area contributed by atoms with E-state index in [1.54, 1.807) is 11.8 Å². The van der Waals surface area contributed by atoms with Crippen LogP contribution in [-0.4, -0.2) is 30.6 Å². The van der Waals surface area contributed by atoms with Gasteiger partial charge in [0.2, 0.25) is 0 Å². The van der Waals surface area contributed by atoms with E-state index in [-0.39, 0.29) is 6.03 Å². The van der Waals surface area contributed by atoms with Crippen molar-refractivity contribution in [2.45, 2.75) is 20.8 Å². The lowest BCUT2D eigenvalue weighted by Gasteiger charge is -2.17. The molecule has 0 aliphatic rings. The first-order valence-corrected chi connectivity index (χ1v) is 4.18. The van der Waals surface area contributed by atoms with Crippen molar-refractivity contribution in [3.63, 3.8) is 0 Å². The van der Waals surface area contributed by atoms with Gasteiger partial charge in [0.25, 0.3) is 0 Å². The summed E-state index contributed by atoms with van der Waals surface area (Å²) in [6, 6.07) is -0.0391. The molecule has 1 N–H and O–H groups in total. The summed E-state index contributed by atoms with van der Waals surface area (Å²) in [5, 5.41) is 2.70. The zero-order valence-corrected chi connectivity index (χ0v) is 7.98. The zero-order chi connectivity index (χ0) is 9.40. The molecular weight excluding hydrogens is 152 g/mol. The van der Waals surface area contributed by atoms with Gasteiger partial charge >= 0.3 is 6.03 Å². The molecule has 2 amide bonds. The van der Waals surface area contributed by atoms with Crippen LogP contribution < -0.4 is 5.32 Å². The second-order valence-corrected chi connectivity index (χ2v) is 2.26. The van der Waals surface area contributed by atoms with Crippen LogP contribution in [-0.2, 0) is 0 Å². The van der Waals surface area contributed by atoms with Gasteiger partial charge in [0.05, 0.1) is 6.54 Å². The molecule has 0 bridgehead atoms. The maximum atomic E-state index is 11.2. The molecule has 0 aromatic heterocycles. The van der Waals surface area contributed by atoms with E-state index in [0.29, 0.717) is 6.54 Å². The van der Waals surface area contributed by atoms with Gasteiger partial charge in [-0.15, -0.1) is 5.92 Å². The summed E-state index contributed by atoms with van der Waals surface area (Å²) in [5.41, 5.74) is 0. The summed E-state index contributed by atoms with van der Waals surface area (Å²) >= 11 is 0. The molecule has 0 saturated heterocycles. The number of hydrogen-bond acceptors (Lipinski definition) is 1. The topological polar surface area (TPSA) is 32.3 Å². The minimum Gasteiger partial charge on any atom is -0.327 e. The van der Waals surface area contributed by atoms with E-state index in [0.717, 1.165) is 13.1 Å². The minimum absolute atomic E-state index is 0.0391. The summed E-state index contributed by atoms with van der Waals surface area (Å²) in [4.78, 5) is 12.9. The van der Waals surface area contributed by atoms with Crippen LogP contribution in [0.1, 0.15) is 20.8 Å². The van der Waals surface area contributed by atoms with Crippen LogP contribution in [0.4, 0.5) is 4.79 Å². The van der Waals surface area contributed by atoms with E-state index >= 15 is 0 Å². The average molecular weight is 168 g/mol. The van der Waals surface area contributed by atoms with Gasteiger partial charge in [-0.1, -0.05) is 5.92 Å². The lowest BCUT2D eigenvalue weighted by Crippen LogP contribution is -2.39. The molecule has 12 heavy (non-hydrogen) atoms. The monoisotopic (exact) mass is 168 g/mol. The average Bonchev–Trinajstić information content (AvgIpc) is 2.07. The van der Waals surface area contributed by atoms with E-state index in [9.17, 15) is 4.79 Å². The standard InChI is InChI=1S/C9H16N2O/c1-4-7-8-10-9(12)11(5-2)6-3/h5-6,8H2,1-3H3,(H,10,12). The summed E-state index contributed by atoms with van der Waals surface area (Å²) in [7, 11) is 0. The van der Waals surface area contributed by atoms with Gasteiger partial charge in [-0.3, -0.25) is 0 Å². The van der Waals surface area contributed by atoms with Crippen LogP contribution in [0.3, 0.4) is 0 Å². The van der Waals surface area contributed by atoms with Crippen molar-refractivity contribution < 1.29 is 4.79 Å². The Balaban J connectivity index is 3.74. The number of amides is 2. The second-order valence-electron chi connectivity index (χ2n) is 2.26. The summed E-state index contributed by atoms with van der Waals surface area (Å²) in [6.45, 7) is 7.57. The number of urea groups is 1. The van der Waals surface area contributed by atoms with Crippen molar-refractivity contribution in [2.24, 2.45) is 0 Å². The SMILES string of the molecule is CC#CCNC(=O)N(CC)CC. The number of nitrogens with zero attached hydrogens (tertiary/aromatic N) is 1. The van der Waals surface area contributed by atoms with Gasteiger partial charge in [-0.05, 0) is 20.8 Å². The Bertz CT molecular complexity index is 186. The quantitative estimate of drug-likeness (QED) is 0.628. The van der Waals surface area contributed by atoms with E-state index in [4.69, 9.17) is 0 Å². The predicted octanol–water partition coefficient (Wildman–Crippen LogP) is 1.06. The fraction of sp³-hybridized carbons (Fsp3) is 0.667. The van der Waals surface area contributed by atoms with Gasteiger partial charge in [-0.25, -0.2) is 4.79 Å². The van der Waals surface area contributed by atoms with Gasteiger partial charge in [0.15, 0.2) is 0 Å². The molecule has 0 aliphatic heterocycles. The van der Waals surface area contributed by atoms with Crippen LogP contribution >= 0.6 is 0 Å². The Morgan fingerprint density at radius 2 is 2.00 bits per heavy atom. The molecule has 0 aliphatic carbocycles. The summed E-state index contributed by atoms with van der Waals surface area (Å²) in [6.07, 6.45) is 0. The highest BCUT2D eigenvalue weighted by Gasteiger charge is 2.05. The normalized spacial score (nSPS) is 8.25. The van der Waals surface area contributed by atoms with Crippen molar-refractivity contribution >= 4 is 6.03 Å². The maximum absolute atomic E-state index is 11.2. The van der Waals surface area contributed by atoms with Crippen LogP contribution in [0.25, 0.3) is 0 Å². The zero-order valence-electron chi connectivity index (χ0n) is 7.98. The van der Waals surface area contributed by atoms with Crippen LogP contribution in [0.2, 0.25) is 0 Å². The molecule has 0 atom stereocenters. The highest BCUT2D eigenvalue weighted by molar-refractivity contribution is 5.74. The van der Waals surface area contributed by atoms with Crippen molar-refractivity contribution in [2.75, 3.05) is 19.6 Å². The van der Waals surface area contributed by atoms with Gasteiger partial charge < -0.3 is 10.2 Å². The lowest BCUT2D eigenvalue weighted by atomic mass is 10.5. The third kappa shape index (κ3) is 3.87. The summed E-state index contributed by atoms with van der Waals surface area (Å²) < 4.78 is 0. The molecule has 0 heterocycles. The fourth-order valence-corrected chi connectivity index (χ4v) is 0.831. The molecule has 68 valence electrons. The predicted molar refractivity (Wildman–Crippen MR) is 49.8 cm³/mol. The van der Waals surface area contributed by atoms with Crippen molar-refractivity contribution in [3.05, 3.63) is 0 Å². The van der Waals surface area contributed by atoms with Gasteiger partial charge in [0.1, 0.15) is 0 Å². The van der Waals surface area contributed by atoms with Crippen LogP contribution in [0.15, 0.2) is 0 Å². The maximum Gasteiger partial charge on any atom is 0.318 e. The Kier molecular flexibility index (Phi) is 5.90. The summed E-state index contributed by atoms with van der Waals surface area (Å²) in [5.74, 6) is 5.49. The molecule has 0 radical (unpaired) electrons. The second kappa shape index (κ2) is 6.53. The molecule has 0 saturated carbocycles. The minimum atomic E-state index is -0.0391. The van der Waals surface area contributed by atoms with Crippen molar-refractivity contribution in [3.8, 4) is 11.8 Å². The molecule has 0 aromatic carbocycles. The van der Waals surface area contributed by atoms with E-state index in [1.807, 2.05) is 13.8 Å². The van der Waals surface area contributed by atoms with Crippen LogP contribution in [0, 0.1) is 11.8 Å². The van der Waals surface area contributed by atoms with E-state index in [1.165, 1.54) is 0 Å². The number of rotatable bonds is 3. The molecule has 0 aromatic rings. The highest BCUT2D eigenvalue weighted by atomic mass is 16.2. The van der Waals surface area contributed by atoms with E-state index in [2.05, 4.69) is 17.2 Å². The Hall–Kier alpha value is -1.17. The largest absolute Gasteiger partial charge is 0.327 e. The highest BCUT2D eigenvalue weighted by Crippen LogP contribution is 1.86. The van der Waals surface area contributed by atoms with Crippen LogP contribution in [0.5, 0.6) is 0 Å². The first-order chi connectivity index (χ1) is 5.76. The third-order valence-electron chi connectivity index (χ3n) is 1.56. The third-order valence-corrected chi connectivity index (χ3v) is 1.56. The number of hydrogen-bond donors (Lipinski definition) is 1. The first kappa shape index (κ1) is 10.8. The Morgan fingerprint density at radius 3 is 2.42 bits per heavy atom. The van der Waals surface area contributed by atoms with E-state index < -0.39 is 0 Å². The number of carbonyl (C=O) groups is 1. The number of carbonyl (C=O) groups excluding carboxylic acids is 1. The first-order valence-electron chi connectivity index (χ1n) is 4.18. The number of nitrogens with one attached hydrogen (secondary N) is 1. The smallest absolute Gasteiger partial charge is 0.318 e. The lowest BCUT2D eigenvalue weighted by molar-refractivity contribution is 0.204. The van der Waals surface area contributed by atoms with Gasteiger partial charge in [0, 0.05) is 13.1 Å². The van der Waals surface area contributed by atoms with Crippen molar-refractivity contribution in [1.82, 2.24) is 10.2 Å². The molecule has 0 fully saturated rings. The molecule has 0 rings (SSSR count). The Morgan fingerprint density at radius 1 is 1.42 bits per heavy atom.